The van der Waals surface area contributed by atoms with E-state index in [1.54, 1.807) is 30.2 Å². The molecule has 3 aromatic rings. The predicted octanol–water partition coefficient (Wildman–Crippen LogP) is 4.73. The summed E-state index contributed by atoms with van der Waals surface area (Å²) in [6.45, 7) is 8.05. The van der Waals surface area contributed by atoms with E-state index in [1.807, 2.05) is 11.8 Å². The van der Waals surface area contributed by atoms with Crippen LogP contribution in [0.1, 0.15) is 39.0 Å². The van der Waals surface area contributed by atoms with Gasteiger partial charge in [0, 0.05) is 31.9 Å². The van der Waals surface area contributed by atoms with Crippen molar-refractivity contribution in [3.63, 3.8) is 0 Å². The first-order chi connectivity index (χ1) is 20.1. The van der Waals surface area contributed by atoms with Gasteiger partial charge in [0.15, 0.2) is 11.2 Å². The Labute approximate surface area is 250 Å². The number of amides is 2. The number of carbonyl (C=O) groups excluding carboxylic acids is 2. The van der Waals surface area contributed by atoms with Gasteiger partial charge in [-0.25, -0.2) is 14.8 Å². The van der Waals surface area contributed by atoms with Crippen LogP contribution < -0.4 is 20.4 Å². The molecule has 1 N–H and O–H groups in total. The number of fused-ring (bicyclic) bond motifs is 1. The molecule has 232 valence electrons. The van der Waals surface area contributed by atoms with Gasteiger partial charge in [-0.2, -0.15) is 13.2 Å². The third-order valence-corrected chi connectivity index (χ3v) is 6.99. The first kappa shape index (κ1) is 31.9. The van der Waals surface area contributed by atoms with Gasteiger partial charge in [0.2, 0.25) is 17.2 Å². The number of piperazine rings is 1. The van der Waals surface area contributed by atoms with E-state index in [9.17, 15) is 27.6 Å². The average Bonchev–Trinajstić information content (AvgIpc) is 2.93. The summed E-state index contributed by atoms with van der Waals surface area (Å²) in [6.07, 6.45) is -3.39. The van der Waals surface area contributed by atoms with E-state index in [4.69, 9.17) is 21.1 Å². The van der Waals surface area contributed by atoms with Crippen molar-refractivity contribution in [2.75, 3.05) is 43.5 Å². The Morgan fingerprint density at radius 3 is 2.35 bits per heavy atom. The molecule has 1 aliphatic heterocycles. The van der Waals surface area contributed by atoms with Crippen LogP contribution in [0.4, 0.5) is 29.3 Å². The maximum Gasteiger partial charge on any atom is 0.416 e. The van der Waals surface area contributed by atoms with Crippen LogP contribution in [0.25, 0.3) is 11.2 Å². The number of methoxy groups -OCH3 is 1. The van der Waals surface area contributed by atoms with Crippen molar-refractivity contribution >= 4 is 46.1 Å². The van der Waals surface area contributed by atoms with Crippen molar-refractivity contribution in [1.82, 2.24) is 19.4 Å². The molecular formula is C28H32ClF3N6O5. The van der Waals surface area contributed by atoms with E-state index < -0.39 is 34.8 Å². The minimum Gasteiger partial charge on any atom is -0.480 e. The number of halogens is 4. The van der Waals surface area contributed by atoms with E-state index in [2.05, 4.69) is 15.3 Å². The highest BCUT2D eigenvalue weighted by molar-refractivity contribution is 6.33. The Balaban J connectivity index is 1.69. The lowest BCUT2D eigenvalue weighted by Gasteiger charge is -2.37. The zero-order valence-electron chi connectivity index (χ0n) is 24.3. The molecule has 43 heavy (non-hydrogen) atoms. The summed E-state index contributed by atoms with van der Waals surface area (Å²) in [5.41, 5.74) is -1.11. The monoisotopic (exact) mass is 624 g/mol. The minimum absolute atomic E-state index is 0.00527. The fourth-order valence-electron chi connectivity index (χ4n) is 4.73. The molecule has 0 unspecified atom stereocenters. The second-order valence-corrected chi connectivity index (χ2v) is 11.3. The lowest BCUT2D eigenvalue weighted by Crippen LogP contribution is -2.51. The van der Waals surface area contributed by atoms with Crippen LogP contribution in [-0.2, 0) is 28.7 Å². The fraction of sp³-hybridized carbons (Fsp3) is 0.464. The van der Waals surface area contributed by atoms with Crippen LogP contribution in [0, 0.1) is 0 Å². The SMILES string of the molecule is CCc1c(N2CCN(C(=O)OC(C)(C)C)CC2)c(=O)c2nc(OC)cnc2n1CC(=O)Nc1ccc(C(F)(F)F)cc1Cl. The van der Waals surface area contributed by atoms with Gasteiger partial charge in [0.25, 0.3) is 0 Å². The van der Waals surface area contributed by atoms with Gasteiger partial charge in [-0.15, -0.1) is 0 Å². The number of benzene rings is 1. The number of nitrogens with one attached hydrogen (secondary N) is 1. The Morgan fingerprint density at radius 1 is 1.12 bits per heavy atom. The summed E-state index contributed by atoms with van der Waals surface area (Å²) < 4.78 is 51.4. The number of alkyl halides is 3. The van der Waals surface area contributed by atoms with Crippen LogP contribution in [0.3, 0.4) is 0 Å². The molecule has 1 aromatic carbocycles. The van der Waals surface area contributed by atoms with Gasteiger partial charge >= 0.3 is 12.3 Å². The third kappa shape index (κ3) is 7.12. The highest BCUT2D eigenvalue weighted by Crippen LogP contribution is 2.34. The molecule has 0 saturated carbocycles. The molecule has 15 heteroatoms. The lowest BCUT2D eigenvalue weighted by molar-refractivity contribution is -0.137. The molecule has 1 aliphatic rings. The molecule has 11 nitrogen and oxygen atoms in total. The molecule has 4 rings (SSSR count). The normalized spacial score (nSPS) is 14.2. The number of nitrogens with zero attached hydrogens (tertiary/aromatic N) is 5. The Morgan fingerprint density at radius 2 is 1.79 bits per heavy atom. The molecule has 0 aliphatic carbocycles. The zero-order chi connectivity index (χ0) is 31.7. The summed E-state index contributed by atoms with van der Waals surface area (Å²) in [7, 11) is 1.38. The number of pyridine rings is 1. The van der Waals surface area contributed by atoms with Crippen LogP contribution in [0.2, 0.25) is 5.02 Å². The molecule has 1 saturated heterocycles. The molecule has 0 bridgehead atoms. The van der Waals surface area contributed by atoms with Crippen molar-refractivity contribution in [2.45, 2.75) is 52.4 Å². The van der Waals surface area contributed by atoms with Gasteiger partial charge < -0.3 is 29.2 Å². The Kier molecular flexibility index (Phi) is 9.09. The van der Waals surface area contributed by atoms with Crippen molar-refractivity contribution in [3.8, 4) is 5.88 Å². The summed E-state index contributed by atoms with van der Waals surface area (Å²) in [4.78, 5) is 51.7. The maximum absolute atomic E-state index is 13.8. The average molecular weight is 625 g/mol. The standard InChI is InChI=1S/C28H32ClF3N6O5/c1-6-19-23(36-9-11-37(12-10-36)26(41)43-27(2,3)4)24(40)22-25(33-14-21(35-22)42-5)38(19)15-20(39)34-18-8-7-16(13-17(18)29)28(30,31)32/h7-8,13-14H,6,9-12,15H2,1-5H3,(H,34,39). The van der Waals surface area contributed by atoms with Crippen LogP contribution in [0.15, 0.2) is 29.2 Å². The van der Waals surface area contributed by atoms with Gasteiger partial charge in [-0.1, -0.05) is 18.5 Å². The van der Waals surface area contributed by atoms with E-state index in [0.29, 0.717) is 44.0 Å². The van der Waals surface area contributed by atoms with Crippen LogP contribution in [-0.4, -0.2) is 70.3 Å². The molecule has 3 heterocycles. The van der Waals surface area contributed by atoms with Crippen molar-refractivity contribution in [1.29, 1.82) is 0 Å². The quantitative estimate of drug-likeness (QED) is 0.418. The molecule has 0 radical (unpaired) electrons. The smallest absolute Gasteiger partial charge is 0.416 e. The largest absolute Gasteiger partial charge is 0.480 e. The predicted molar refractivity (Wildman–Crippen MR) is 155 cm³/mol. The van der Waals surface area contributed by atoms with Crippen LogP contribution >= 0.6 is 11.6 Å². The highest BCUT2D eigenvalue weighted by atomic mass is 35.5. The van der Waals surface area contributed by atoms with Gasteiger partial charge in [0.1, 0.15) is 17.8 Å². The van der Waals surface area contributed by atoms with Gasteiger partial charge in [0.05, 0.1) is 29.6 Å². The Bertz CT molecular complexity index is 1600. The second-order valence-electron chi connectivity index (χ2n) is 10.8. The first-order valence-electron chi connectivity index (χ1n) is 13.5. The summed E-state index contributed by atoms with van der Waals surface area (Å²) in [5, 5.41) is 2.26. The zero-order valence-corrected chi connectivity index (χ0v) is 25.1. The van der Waals surface area contributed by atoms with Gasteiger partial charge in [-0.05, 0) is 45.4 Å². The molecule has 2 amide bonds. The third-order valence-electron chi connectivity index (χ3n) is 6.68. The van der Waals surface area contributed by atoms with Crippen molar-refractivity contribution in [3.05, 3.63) is 50.9 Å². The Hall–Kier alpha value is -4.07. The van der Waals surface area contributed by atoms with Crippen molar-refractivity contribution < 1.29 is 32.2 Å². The summed E-state index contributed by atoms with van der Waals surface area (Å²) >= 11 is 6.04. The number of ether oxygens (including phenoxy) is 2. The number of hydrogen-bond donors (Lipinski definition) is 1. The van der Waals surface area contributed by atoms with Gasteiger partial charge in [-0.3, -0.25) is 9.59 Å². The summed E-state index contributed by atoms with van der Waals surface area (Å²) in [5.74, 6) is -0.512. The molecule has 2 aromatic heterocycles. The van der Waals surface area contributed by atoms with E-state index >= 15 is 0 Å². The first-order valence-corrected chi connectivity index (χ1v) is 13.9. The van der Waals surface area contributed by atoms with E-state index in [-0.39, 0.29) is 34.3 Å². The molecule has 0 atom stereocenters. The minimum atomic E-state index is -4.59. The van der Waals surface area contributed by atoms with Crippen LogP contribution in [0.5, 0.6) is 5.88 Å². The number of rotatable bonds is 6. The fourth-order valence-corrected chi connectivity index (χ4v) is 4.96. The lowest BCUT2D eigenvalue weighted by atomic mass is 10.1. The second kappa shape index (κ2) is 12.3. The molecular weight excluding hydrogens is 593 g/mol. The molecule has 0 spiro atoms. The summed E-state index contributed by atoms with van der Waals surface area (Å²) in [6, 6.07) is 2.63. The van der Waals surface area contributed by atoms with E-state index in [0.717, 1.165) is 18.2 Å². The van der Waals surface area contributed by atoms with E-state index in [1.165, 1.54) is 13.3 Å². The number of aromatic nitrogens is 3. The number of carbonyl (C=O) groups is 2. The number of anilines is 2. The van der Waals surface area contributed by atoms with Crippen molar-refractivity contribution in [2.24, 2.45) is 0 Å². The topological polar surface area (TPSA) is 119 Å². The maximum atomic E-state index is 13.8. The number of hydrogen-bond acceptors (Lipinski definition) is 8. The highest BCUT2D eigenvalue weighted by Gasteiger charge is 2.32. The molecule has 1 fully saturated rings.